The zero-order valence-electron chi connectivity index (χ0n) is 46.5. The van der Waals surface area contributed by atoms with Gasteiger partial charge in [0.15, 0.2) is 40.7 Å². The first-order valence-corrected chi connectivity index (χ1v) is 31.7. The van der Waals surface area contributed by atoms with E-state index in [4.69, 9.17) is 0 Å². The predicted octanol–water partition coefficient (Wildman–Crippen LogP) is 20.7. The summed E-state index contributed by atoms with van der Waals surface area (Å²) >= 11 is -1.64. The molecule has 0 amide bonds. The third-order valence-electron chi connectivity index (χ3n) is 15.9. The lowest BCUT2D eigenvalue weighted by molar-refractivity contribution is -0.657. The summed E-state index contributed by atoms with van der Waals surface area (Å²) in [5, 5.41) is 9.13. The van der Waals surface area contributed by atoms with Crippen molar-refractivity contribution in [1.82, 2.24) is 0 Å². The minimum Gasteiger partial charge on any atom is -0.346 e. The molecule has 2 aromatic carbocycles. The molecule has 2 N–H and O–H groups in total. The highest BCUT2D eigenvalue weighted by molar-refractivity contribution is 6.79. The Morgan fingerprint density at radius 2 is 0.732 bits per heavy atom. The molecule has 0 aliphatic rings. The minimum atomic E-state index is -5.83. The van der Waals surface area contributed by atoms with E-state index in [2.05, 4.69) is 81.5 Å². The molecule has 0 spiro atoms. The Bertz CT molecular complexity index is 1600. The van der Waals surface area contributed by atoms with Crippen molar-refractivity contribution in [2.45, 2.75) is 252 Å². The van der Waals surface area contributed by atoms with E-state index < -0.39 is 88.0 Å². The van der Waals surface area contributed by atoms with Crippen LogP contribution in [-0.4, -0.2) is 26.2 Å². The zero-order chi connectivity index (χ0) is 54.3. The third kappa shape index (κ3) is 24.1. The molecular weight excluding hydrogens is 947 g/mol. The van der Waals surface area contributed by atoms with E-state index in [-0.39, 0.29) is 0 Å². The van der Waals surface area contributed by atoms with Crippen molar-refractivity contribution in [3.8, 4) is 11.1 Å². The zero-order valence-corrected chi connectivity index (χ0v) is 47.7. The lowest BCUT2D eigenvalue weighted by atomic mass is 9.92. The first kappa shape index (κ1) is 69.2. The summed E-state index contributed by atoms with van der Waals surface area (Å²) in [6.45, 7) is 29.2. The number of unbranched alkanes of at least 4 members (excludes halogenated alkanes) is 4. The second-order valence-corrected chi connectivity index (χ2v) is 27.1. The summed E-state index contributed by atoms with van der Waals surface area (Å²) in [4.78, 5) is 0. The van der Waals surface area contributed by atoms with Crippen LogP contribution in [0.4, 0.5) is 48.3 Å². The van der Waals surface area contributed by atoms with Crippen LogP contribution in [0.25, 0.3) is 11.1 Å². The van der Waals surface area contributed by atoms with E-state index in [0.717, 1.165) is 29.6 Å². The smallest absolute Gasteiger partial charge is 0.346 e. The summed E-state index contributed by atoms with van der Waals surface area (Å²) in [7, 11) is 0. The molecule has 0 bridgehead atoms. The molecule has 1 nitrogen and oxygen atoms in total. The Morgan fingerprint density at radius 3 is 1.01 bits per heavy atom. The standard InChI is InChI=1S/C14H3F11.4C9H19.C8H19N.Al/c1-2-3(4-7(16)11(20)13(22)12(21)8(4)17)5(14(23,24)25)9(18)10(19)6(2)15;4*1-4-7-8-9(5-2)6-3;1-4-6-8(3)7-9-5-2;/h1H3;4*9H,2,4-8H2,1,3H3;8-9H,4-7H2,1-3H3;/q;;;;;;-1/p+1. The molecule has 2 aromatic rings. The molecular formula is C58H99AlF11N. The van der Waals surface area contributed by atoms with Crippen molar-refractivity contribution in [3.63, 3.8) is 0 Å². The average Bonchev–Trinajstić information content (AvgIpc) is 3.35. The van der Waals surface area contributed by atoms with Crippen molar-refractivity contribution in [2.24, 2.45) is 29.6 Å². The van der Waals surface area contributed by atoms with Crippen LogP contribution in [0, 0.1) is 83.1 Å². The number of hydrogen-bond donors (Lipinski definition) is 1. The van der Waals surface area contributed by atoms with Crippen molar-refractivity contribution in [1.29, 1.82) is 0 Å². The van der Waals surface area contributed by atoms with Gasteiger partial charge in [-0.2, -0.15) is 34.3 Å². The third-order valence-corrected chi connectivity index (χ3v) is 22.1. The molecule has 0 saturated heterocycles. The van der Waals surface area contributed by atoms with Crippen LogP contribution in [0.1, 0.15) is 229 Å². The van der Waals surface area contributed by atoms with Gasteiger partial charge in [-0.15, -0.1) is 0 Å². The van der Waals surface area contributed by atoms with Crippen LogP contribution in [-0.2, 0) is 6.18 Å². The number of quaternary nitrogens is 1. The lowest BCUT2D eigenvalue weighted by Gasteiger charge is -2.41. The van der Waals surface area contributed by atoms with Crippen LogP contribution in [0.5, 0.6) is 0 Å². The van der Waals surface area contributed by atoms with E-state index in [1.165, 1.54) is 129 Å². The fraction of sp³-hybridized carbons (Fsp3) is 0.793. The Morgan fingerprint density at radius 1 is 0.408 bits per heavy atom. The largest absolute Gasteiger partial charge is 0.419 e. The Hall–Kier alpha value is -1.84. The van der Waals surface area contributed by atoms with E-state index in [1.807, 2.05) is 0 Å². The number of benzene rings is 2. The monoisotopic (exact) mass is 1050 g/mol. The number of halogens is 11. The van der Waals surface area contributed by atoms with E-state index in [0.29, 0.717) is 6.92 Å². The molecule has 0 heterocycles. The fourth-order valence-corrected chi connectivity index (χ4v) is 17.1. The van der Waals surface area contributed by atoms with E-state index >= 15 is 0 Å². The van der Waals surface area contributed by atoms with Gasteiger partial charge in [0.25, 0.3) is 0 Å². The van der Waals surface area contributed by atoms with Gasteiger partial charge < -0.3 is 5.32 Å². The second-order valence-electron chi connectivity index (χ2n) is 21.3. The molecule has 5 atom stereocenters. The van der Waals surface area contributed by atoms with Gasteiger partial charge >= 0.3 is 6.18 Å². The normalized spacial score (nSPS) is 14.7. The number of hydrogen-bond acceptors (Lipinski definition) is 0. The van der Waals surface area contributed by atoms with Gasteiger partial charge in [0.1, 0.15) is 18.6 Å². The molecule has 2 rings (SSSR count). The van der Waals surface area contributed by atoms with Crippen LogP contribution < -0.4 is 5.32 Å². The van der Waals surface area contributed by atoms with Crippen molar-refractivity contribution in [3.05, 3.63) is 57.7 Å². The van der Waals surface area contributed by atoms with Crippen LogP contribution >= 0.6 is 0 Å². The van der Waals surface area contributed by atoms with Gasteiger partial charge in [-0.1, -0.05) is 204 Å². The molecule has 0 aliphatic carbocycles. The maximum absolute atomic E-state index is 13.8. The molecule has 0 fully saturated rings. The molecule has 13 heteroatoms. The van der Waals surface area contributed by atoms with Crippen LogP contribution in [0.2, 0.25) is 21.1 Å². The highest BCUT2D eigenvalue weighted by Gasteiger charge is 2.43. The maximum atomic E-state index is 13.8. The highest BCUT2D eigenvalue weighted by atomic mass is 27.2. The van der Waals surface area contributed by atoms with Gasteiger partial charge in [-0.3, -0.25) is 0 Å². The van der Waals surface area contributed by atoms with E-state index in [9.17, 15) is 48.3 Å². The maximum Gasteiger partial charge on any atom is 0.419 e. The molecule has 5 unspecified atom stereocenters. The second kappa shape index (κ2) is 37.8. The van der Waals surface area contributed by atoms with Gasteiger partial charge in [-0.05, 0) is 49.5 Å². The topological polar surface area (TPSA) is 16.6 Å². The first-order chi connectivity index (χ1) is 33.6. The van der Waals surface area contributed by atoms with E-state index in [1.54, 1.807) is 46.8 Å². The van der Waals surface area contributed by atoms with Gasteiger partial charge in [0.2, 0.25) is 5.82 Å². The average molecular weight is 1050 g/mol. The molecule has 0 saturated carbocycles. The highest BCUT2D eigenvalue weighted by Crippen LogP contribution is 2.45. The fourth-order valence-electron chi connectivity index (χ4n) is 10.6. The van der Waals surface area contributed by atoms with Crippen LogP contribution in [0.3, 0.4) is 0 Å². The number of alkyl halides is 3. The summed E-state index contributed by atoms with van der Waals surface area (Å²) < 4.78 is 146. The van der Waals surface area contributed by atoms with Crippen molar-refractivity contribution < 1.29 is 53.6 Å². The van der Waals surface area contributed by atoms with Crippen molar-refractivity contribution in [2.75, 3.05) is 13.1 Å². The summed E-state index contributed by atoms with van der Waals surface area (Å²) in [6.07, 6.45) is 26.2. The molecule has 0 aromatic heterocycles. The minimum absolute atomic E-state index is 0.362. The first-order valence-electron chi connectivity index (χ1n) is 28.4. The van der Waals surface area contributed by atoms with Gasteiger partial charge in [-0.25, -0.2) is 35.1 Å². The molecule has 416 valence electrons. The number of rotatable bonds is 34. The van der Waals surface area contributed by atoms with Gasteiger partial charge in [0.05, 0.1) is 18.7 Å². The lowest BCUT2D eigenvalue weighted by Crippen LogP contribution is -2.84. The summed E-state index contributed by atoms with van der Waals surface area (Å²) in [5.41, 5.74) is -8.45. The quantitative estimate of drug-likeness (QED) is 0.0311. The van der Waals surface area contributed by atoms with Crippen molar-refractivity contribution >= 4 is 13.1 Å². The SMILES string of the molecule is CCCC(C)C[NH2+]CC.CCCCC(CC)C[CH2][Al-]([CH2]CC(CC)CCCC)([CH2]CC(CC)CCCC)[CH2]CC(CC)CCCC.Cc1c(F)c(F)c(F)c(C(F)(F)F)c1-c1c(F)c(F)c(F)c(F)c1F. The van der Waals surface area contributed by atoms with Crippen LogP contribution in [0.15, 0.2) is 0 Å². The molecule has 71 heavy (non-hydrogen) atoms. The number of nitrogens with two attached hydrogens (primary N) is 1. The summed E-state index contributed by atoms with van der Waals surface area (Å²) in [5.74, 6) is -16.3. The Balaban J connectivity index is 0.00000123. The predicted molar refractivity (Wildman–Crippen MR) is 279 cm³/mol. The Labute approximate surface area is 428 Å². The summed E-state index contributed by atoms with van der Waals surface area (Å²) in [6, 6.07) is 0. The molecule has 0 aliphatic heterocycles. The van der Waals surface area contributed by atoms with Gasteiger partial charge in [0, 0.05) is 11.5 Å². The molecule has 0 radical (unpaired) electrons. The Kier molecular flexibility index (Phi) is 36.8.